The molecule has 2 amide bonds. The summed E-state index contributed by atoms with van der Waals surface area (Å²) in [6.45, 7) is 2.72. The molecule has 0 spiro atoms. The molecule has 1 aromatic heterocycles. The normalized spacial score (nSPS) is 12.0. The lowest BCUT2D eigenvalue weighted by molar-refractivity contribution is -0.149. The Labute approximate surface area is 325 Å². The van der Waals surface area contributed by atoms with Crippen LogP contribution in [0.5, 0.6) is 0 Å². The largest absolute Gasteiger partial charge is 0.480 e. The first-order valence-corrected chi connectivity index (χ1v) is 19.0. The van der Waals surface area contributed by atoms with Gasteiger partial charge in [0.15, 0.2) is 0 Å². The molecule has 1 atom stereocenters. The SMILES string of the molecule is CCN(CC)c1ccc2cc(C(=O)NCCOCCOS(=O)(=O)c3cc(C(=O)NCCCC[C@@H](C(=O)O)N(CC(=O)O)CC(=O)O)c(Cl)cc3F)c(=O)oc2c1. The summed E-state index contributed by atoms with van der Waals surface area (Å²) in [6.07, 6.45) is 0.118. The third-order valence-corrected chi connectivity index (χ3v) is 9.86. The zero-order chi connectivity index (χ0) is 41.6. The van der Waals surface area contributed by atoms with Crippen molar-refractivity contribution in [1.29, 1.82) is 0 Å². The molecule has 0 unspecified atom stereocenters. The molecule has 3 rings (SSSR count). The number of halogens is 2. The van der Waals surface area contributed by atoms with Crippen LogP contribution in [0.1, 0.15) is 53.8 Å². The number of hydrogen-bond donors (Lipinski definition) is 5. The number of ether oxygens (including phenoxy) is 1. The molecular weight excluding hydrogens is 787 g/mol. The lowest BCUT2D eigenvalue weighted by Gasteiger charge is -2.25. The van der Waals surface area contributed by atoms with Gasteiger partial charge in [-0.2, -0.15) is 8.42 Å². The number of fused-ring (bicyclic) bond motifs is 1. The number of anilines is 1. The summed E-state index contributed by atoms with van der Waals surface area (Å²) in [5.74, 6) is -7.17. The van der Waals surface area contributed by atoms with Gasteiger partial charge >= 0.3 is 23.5 Å². The minimum absolute atomic E-state index is 0.0672. The Hall–Kier alpha value is -5.15. The molecule has 5 N–H and O–H groups in total. The van der Waals surface area contributed by atoms with Gasteiger partial charge in [-0.1, -0.05) is 11.6 Å². The predicted molar refractivity (Wildman–Crippen MR) is 198 cm³/mol. The molecule has 0 saturated heterocycles. The Bertz CT molecular complexity index is 2060. The van der Waals surface area contributed by atoms with Gasteiger partial charge in [0, 0.05) is 43.3 Å². The second kappa shape index (κ2) is 21.2. The molecule has 3 aromatic rings. The molecule has 1 heterocycles. The minimum Gasteiger partial charge on any atom is -0.480 e. The van der Waals surface area contributed by atoms with E-state index in [1.165, 1.54) is 6.07 Å². The van der Waals surface area contributed by atoms with E-state index >= 15 is 0 Å². The number of rotatable bonds is 24. The van der Waals surface area contributed by atoms with E-state index in [0.717, 1.165) is 23.7 Å². The van der Waals surface area contributed by atoms with Crippen molar-refractivity contribution in [2.45, 2.75) is 44.0 Å². The van der Waals surface area contributed by atoms with Crippen LogP contribution >= 0.6 is 11.6 Å². The Morgan fingerprint density at radius 2 is 1.52 bits per heavy atom. The zero-order valence-corrected chi connectivity index (χ0v) is 32.0. The third kappa shape index (κ3) is 13.0. The topological polar surface area (TPSA) is 259 Å². The quantitative estimate of drug-likeness (QED) is 0.0493. The summed E-state index contributed by atoms with van der Waals surface area (Å²) in [6, 6.07) is 6.61. The van der Waals surface area contributed by atoms with E-state index in [-0.39, 0.29) is 51.1 Å². The van der Waals surface area contributed by atoms with Crippen LogP contribution in [-0.2, 0) is 33.4 Å². The number of carboxylic acid groups (broad SMARTS) is 3. The zero-order valence-electron chi connectivity index (χ0n) is 30.4. The average Bonchev–Trinajstić information content (AvgIpc) is 3.11. The van der Waals surface area contributed by atoms with E-state index in [0.29, 0.717) is 23.1 Å². The number of benzene rings is 2. The van der Waals surface area contributed by atoms with Crippen molar-refractivity contribution >= 4 is 68.1 Å². The number of aliphatic carboxylic acids is 3. The predicted octanol–water partition coefficient (Wildman–Crippen LogP) is 2.41. The molecule has 18 nitrogen and oxygen atoms in total. The van der Waals surface area contributed by atoms with Crippen LogP contribution in [0.15, 0.2) is 50.5 Å². The molecule has 0 aliphatic heterocycles. The van der Waals surface area contributed by atoms with Gasteiger partial charge in [0.25, 0.3) is 21.9 Å². The number of hydrogen-bond acceptors (Lipinski definition) is 13. The lowest BCUT2D eigenvalue weighted by atomic mass is 10.1. The fourth-order valence-electron chi connectivity index (χ4n) is 5.48. The Kier molecular flexibility index (Phi) is 17.2. The number of carboxylic acids is 3. The van der Waals surface area contributed by atoms with Crippen molar-refractivity contribution in [2.24, 2.45) is 0 Å². The fraction of sp³-hybridized carbons (Fsp3) is 0.429. The highest BCUT2D eigenvalue weighted by molar-refractivity contribution is 7.86. The summed E-state index contributed by atoms with van der Waals surface area (Å²) < 4.78 is 55.7. The van der Waals surface area contributed by atoms with Gasteiger partial charge in [-0.3, -0.25) is 33.1 Å². The van der Waals surface area contributed by atoms with Crippen LogP contribution in [0.3, 0.4) is 0 Å². The van der Waals surface area contributed by atoms with Gasteiger partial charge in [-0.05, 0) is 63.4 Å². The number of carbonyl (C=O) groups is 5. The maximum atomic E-state index is 14.7. The molecule has 0 aliphatic carbocycles. The molecule has 2 aromatic carbocycles. The summed E-state index contributed by atoms with van der Waals surface area (Å²) in [4.78, 5) is 73.6. The minimum atomic E-state index is -4.77. The second-order valence-electron chi connectivity index (χ2n) is 12.0. The van der Waals surface area contributed by atoms with Crippen LogP contribution in [0.4, 0.5) is 10.1 Å². The standard InChI is InChI=1S/C35H42ClFN4O14S/c1-3-40(4-2)22-9-8-21-15-24(35(50)55-28(21)16-22)33(47)39-11-12-53-13-14-54-56(51,52)29-17-23(25(36)18-26(29)37)32(46)38-10-6-5-7-27(34(48)49)41(19-30(42)43)20-31(44)45/h8-9,15-18,27H,3-7,10-14,19-20H2,1-2H3,(H,38,46)(H,39,47)(H,42,43)(H,44,45)(H,48,49)/t27-/m0/s1. The second-order valence-corrected chi connectivity index (χ2v) is 14.0. The van der Waals surface area contributed by atoms with Gasteiger partial charge < -0.3 is 40.0 Å². The van der Waals surface area contributed by atoms with Crippen LogP contribution in [0.25, 0.3) is 11.0 Å². The van der Waals surface area contributed by atoms with E-state index in [4.69, 9.17) is 35.2 Å². The molecule has 0 saturated carbocycles. The molecule has 0 aliphatic rings. The highest BCUT2D eigenvalue weighted by Gasteiger charge is 2.29. The smallest absolute Gasteiger partial charge is 0.349 e. The molecule has 56 heavy (non-hydrogen) atoms. The fourth-order valence-corrected chi connectivity index (χ4v) is 6.69. The lowest BCUT2D eigenvalue weighted by Crippen LogP contribution is -2.46. The summed E-state index contributed by atoms with van der Waals surface area (Å²) in [5, 5.41) is 32.6. The van der Waals surface area contributed by atoms with Gasteiger partial charge in [0.1, 0.15) is 27.9 Å². The maximum Gasteiger partial charge on any atom is 0.349 e. The average molecular weight is 829 g/mol. The van der Waals surface area contributed by atoms with Crippen LogP contribution in [0, 0.1) is 5.82 Å². The van der Waals surface area contributed by atoms with Crippen molar-refractivity contribution in [3.8, 4) is 0 Å². The summed E-state index contributed by atoms with van der Waals surface area (Å²) >= 11 is 6.00. The number of carbonyl (C=O) groups excluding carboxylic acids is 2. The molecule has 306 valence electrons. The molecule has 21 heteroatoms. The first-order valence-electron chi connectivity index (χ1n) is 17.2. The Morgan fingerprint density at radius 3 is 2.14 bits per heavy atom. The summed E-state index contributed by atoms with van der Waals surface area (Å²) in [7, 11) is -4.77. The highest BCUT2D eigenvalue weighted by Crippen LogP contribution is 2.26. The molecule has 0 radical (unpaired) electrons. The number of nitrogens with zero attached hydrogens (tertiary/aromatic N) is 2. The Morgan fingerprint density at radius 1 is 0.875 bits per heavy atom. The van der Waals surface area contributed by atoms with Crippen molar-refractivity contribution in [2.75, 3.05) is 64.0 Å². The van der Waals surface area contributed by atoms with Crippen molar-refractivity contribution in [1.82, 2.24) is 15.5 Å². The van der Waals surface area contributed by atoms with Gasteiger partial charge in [-0.25, -0.2) is 9.18 Å². The number of unbranched alkanes of at least 4 members (excludes halogenated alkanes) is 1. The van der Waals surface area contributed by atoms with E-state index in [9.17, 15) is 46.7 Å². The van der Waals surface area contributed by atoms with Gasteiger partial charge in [0.05, 0.1) is 43.5 Å². The molecule has 0 bridgehead atoms. The van der Waals surface area contributed by atoms with Gasteiger partial charge in [0.2, 0.25) is 0 Å². The number of nitrogens with one attached hydrogen (secondary N) is 2. The first kappa shape index (κ1) is 45.2. The number of amides is 2. The van der Waals surface area contributed by atoms with Crippen LogP contribution in [0.2, 0.25) is 5.02 Å². The van der Waals surface area contributed by atoms with Crippen molar-refractivity contribution in [3.05, 3.63) is 68.8 Å². The molecule has 0 fully saturated rings. The van der Waals surface area contributed by atoms with Crippen molar-refractivity contribution < 1.29 is 65.4 Å². The molecular formula is C35H42ClFN4O14S. The first-order chi connectivity index (χ1) is 26.5. The van der Waals surface area contributed by atoms with E-state index < -0.39 is 92.5 Å². The van der Waals surface area contributed by atoms with E-state index in [1.54, 1.807) is 12.1 Å². The third-order valence-electron chi connectivity index (χ3n) is 8.22. The van der Waals surface area contributed by atoms with E-state index in [1.807, 2.05) is 19.9 Å². The van der Waals surface area contributed by atoms with Gasteiger partial charge in [-0.15, -0.1) is 0 Å². The van der Waals surface area contributed by atoms with E-state index in [2.05, 4.69) is 15.5 Å². The monoisotopic (exact) mass is 828 g/mol. The van der Waals surface area contributed by atoms with Crippen molar-refractivity contribution in [3.63, 3.8) is 0 Å². The van der Waals surface area contributed by atoms with Crippen LogP contribution in [-0.4, -0.2) is 123 Å². The maximum absolute atomic E-state index is 14.7. The van der Waals surface area contributed by atoms with Crippen LogP contribution < -0.4 is 21.2 Å². The highest BCUT2D eigenvalue weighted by atomic mass is 35.5. The Balaban J connectivity index is 1.47. The summed E-state index contributed by atoms with van der Waals surface area (Å²) in [5.41, 5.74) is -0.260.